The van der Waals surface area contributed by atoms with Crippen molar-refractivity contribution in [3.63, 3.8) is 0 Å². The second-order valence-corrected chi connectivity index (χ2v) is 6.93. The van der Waals surface area contributed by atoms with E-state index in [-0.39, 0.29) is 0 Å². The number of aromatic nitrogens is 1. The van der Waals surface area contributed by atoms with Crippen molar-refractivity contribution in [1.29, 1.82) is 0 Å². The number of rotatable bonds is 4. The third kappa shape index (κ3) is 4.06. The molecule has 0 unspecified atom stereocenters. The van der Waals surface area contributed by atoms with Gasteiger partial charge in [-0.1, -0.05) is 36.2 Å². The minimum Gasteiger partial charge on any atom is -0.296 e. The molecule has 1 aliphatic carbocycles. The van der Waals surface area contributed by atoms with Crippen LogP contribution in [0, 0.1) is 0 Å². The lowest BCUT2D eigenvalue weighted by molar-refractivity contribution is 0.704. The van der Waals surface area contributed by atoms with Crippen LogP contribution in [0.4, 0.5) is 0 Å². The Bertz CT molecular complexity index is 740. The van der Waals surface area contributed by atoms with E-state index in [1.807, 2.05) is 12.1 Å². The second kappa shape index (κ2) is 7.84. The van der Waals surface area contributed by atoms with E-state index >= 15 is 0 Å². The molecule has 122 valence electrons. The molecule has 1 N–H and O–H groups in total. The number of nitrogens with zero attached hydrogens (tertiary/aromatic N) is 2. The topological polar surface area (TPSA) is 29.3 Å². The average molecular weight is 348 g/mol. The van der Waals surface area contributed by atoms with E-state index in [2.05, 4.69) is 45.6 Å². The van der Waals surface area contributed by atoms with Crippen LogP contribution in [0.3, 0.4) is 0 Å². The maximum absolute atomic E-state index is 6.02. The highest BCUT2D eigenvalue weighted by Crippen LogP contribution is 2.23. The van der Waals surface area contributed by atoms with E-state index in [0.29, 0.717) is 0 Å². The van der Waals surface area contributed by atoms with Gasteiger partial charge in [-0.3, -0.25) is 10.4 Å². The lowest BCUT2D eigenvalue weighted by Crippen LogP contribution is -2.26. The third-order valence-corrected chi connectivity index (χ3v) is 5.05. The van der Waals surface area contributed by atoms with Crippen LogP contribution in [-0.4, -0.2) is 11.2 Å². The number of hydrogen-bond donors (Lipinski definition) is 1. The molecule has 1 heterocycles. The van der Waals surface area contributed by atoms with Gasteiger partial charge in [0.25, 0.3) is 0 Å². The van der Waals surface area contributed by atoms with Crippen LogP contribution in [0.5, 0.6) is 0 Å². The summed E-state index contributed by atoms with van der Waals surface area (Å²) in [5, 5.41) is 2.91. The first-order valence-electron chi connectivity index (χ1n) is 8.21. The Hall–Kier alpha value is -1.52. The zero-order chi connectivity index (χ0) is 16.1. The molecular formula is C18H22ClN3S. The van der Waals surface area contributed by atoms with Crippen molar-refractivity contribution in [2.24, 2.45) is 4.99 Å². The summed E-state index contributed by atoms with van der Waals surface area (Å²) >= 11 is 7.69. The Kier molecular flexibility index (Phi) is 5.57. The molecular weight excluding hydrogens is 326 g/mol. The van der Waals surface area contributed by atoms with E-state index in [1.54, 1.807) is 11.3 Å². The van der Waals surface area contributed by atoms with Crippen LogP contribution in [0.25, 0.3) is 11.3 Å². The van der Waals surface area contributed by atoms with Gasteiger partial charge in [-0.2, -0.15) is 0 Å². The zero-order valence-corrected chi connectivity index (χ0v) is 15.0. The predicted molar refractivity (Wildman–Crippen MR) is 99.4 cm³/mol. The highest BCUT2D eigenvalue weighted by Gasteiger charge is 2.10. The van der Waals surface area contributed by atoms with Crippen LogP contribution in [-0.2, 0) is 0 Å². The lowest BCUT2D eigenvalue weighted by atomic mass is 10.2. The van der Waals surface area contributed by atoms with Crippen LogP contribution in [0.15, 0.2) is 46.4 Å². The molecule has 3 rings (SSSR count). The average Bonchev–Trinajstić information content (AvgIpc) is 2.77. The molecule has 0 spiro atoms. The van der Waals surface area contributed by atoms with Crippen LogP contribution in [0.1, 0.15) is 39.0 Å². The Labute approximate surface area is 146 Å². The molecule has 0 saturated heterocycles. The van der Waals surface area contributed by atoms with Crippen molar-refractivity contribution in [3.8, 4) is 11.3 Å². The summed E-state index contributed by atoms with van der Waals surface area (Å²) in [7, 11) is 0. The van der Waals surface area contributed by atoms with Crippen molar-refractivity contribution >= 4 is 22.9 Å². The fourth-order valence-electron chi connectivity index (χ4n) is 2.75. The highest BCUT2D eigenvalue weighted by atomic mass is 35.5. The number of benzene rings is 1. The minimum atomic E-state index is 0.758. The number of halogens is 1. The summed E-state index contributed by atoms with van der Waals surface area (Å²) in [5.41, 5.74) is 7.17. The van der Waals surface area contributed by atoms with E-state index in [0.717, 1.165) is 40.5 Å². The molecule has 0 bridgehead atoms. The highest BCUT2D eigenvalue weighted by molar-refractivity contribution is 7.07. The number of nitrogens with one attached hydrogen (secondary N) is 1. The minimum absolute atomic E-state index is 0.758. The Morgan fingerprint density at radius 1 is 1.22 bits per heavy atom. The zero-order valence-electron chi connectivity index (χ0n) is 13.4. The van der Waals surface area contributed by atoms with E-state index < -0.39 is 0 Å². The van der Waals surface area contributed by atoms with Gasteiger partial charge in [0.15, 0.2) is 0 Å². The van der Waals surface area contributed by atoms with Gasteiger partial charge in [0.05, 0.1) is 5.69 Å². The predicted octanol–water partition coefficient (Wildman–Crippen LogP) is 5.18. The summed E-state index contributed by atoms with van der Waals surface area (Å²) in [6, 6.07) is 7.97. The van der Waals surface area contributed by atoms with Gasteiger partial charge in [-0.05, 0) is 44.7 Å². The molecule has 1 aromatic carbocycles. The first kappa shape index (κ1) is 16.3. The summed E-state index contributed by atoms with van der Waals surface area (Å²) in [5.74, 6) is 0. The van der Waals surface area contributed by atoms with Gasteiger partial charge in [-0.15, -0.1) is 11.3 Å². The SMILES string of the molecule is CCN=c1scc(-c2ccc(Cl)cc2)n1NC1=CCCCCC1. The molecule has 0 atom stereocenters. The summed E-state index contributed by atoms with van der Waals surface area (Å²) in [4.78, 5) is 5.63. The first-order chi connectivity index (χ1) is 11.3. The van der Waals surface area contributed by atoms with Crippen molar-refractivity contribution < 1.29 is 0 Å². The van der Waals surface area contributed by atoms with Crippen molar-refractivity contribution in [1.82, 2.24) is 4.68 Å². The Balaban J connectivity index is 1.99. The molecule has 2 aromatic rings. The molecule has 1 aromatic heterocycles. The second-order valence-electron chi connectivity index (χ2n) is 5.66. The number of thiazole rings is 1. The molecule has 0 fully saturated rings. The fourth-order valence-corrected chi connectivity index (χ4v) is 3.78. The molecule has 23 heavy (non-hydrogen) atoms. The van der Waals surface area contributed by atoms with Gasteiger partial charge in [0.2, 0.25) is 4.80 Å². The smallest absolute Gasteiger partial charge is 0.204 e. The standard InChI is InChI=1S/C18H22ClN3S/c1-2-20-18-22(21-16-7-5-3-4-6-8-16)17(13-23-18)14-9-11-15(19)12-10-14/h7,9-13,21H,2-6,8H2,1H3. The van der Waals surface area contributed by atoms with Crippen molar-refractivity contribution in [2.45, 2.75) is 39.0 Å². The number of hydrogen-bond acceptors (Lipinski definition) is 3. The van der Waals surface area contributed by atoms with Gasteiger partial charge in [0.1, 0.15) is 0 Å². The summed E-state index contributed by atoms with van der Waals surface area (Å²) in [6.07, 6.45) is 8.44. The van der Waals surface area contributed by atoms with Crippen LogP contribution < -0.4 is 10.2 Å². The van der Waals surface area contributed by atoms with Gasteiger partial charge >= 0.3 is 0 Å². The summed E-state index contributed by atoms with van der Waals surface area (Å²) < 4.78 is 2.12. The van der Waals surface area contributed by atoms with Crippen molar-refractivity contribution in [2.75, 3.05) is 12.0 Å². The fraction of sp³-hybridized carbons (Fsp3) is 0.389. The normalized spacial score (nSPS) is 16.1. The maximum atomic E-state index is 6.02. The quantitative estimate of drug-likeness (QED) is 0.811. The Morgan fingerprint density at radius 2 is 2.04 bits per heavy atom. The van der Waals surface area contributed by atoms with E-state index in [4.69, 9.17) is 11.6 Å². The summed E-state index contributed by atoms with van der Waals surface area (Å²) in [6.45, 7) is 2.85. The van der Waals surface area contributed by atoms with Gasteiger partial charge < -0.3 is 0 Å². The monoisotopic (exact) mass is 347 g/mol. The molecule has 0 amide bonds. The molecule has 0 aliphatic heterocycles. The van der Waals surface area contributed by atoms with Crippen molar-refractivity contribution in [3.05, 3.63) is 51.2 Å². The van der Waals surface area contributed by atoms with E-state index in [1.165, 1.54) is 25.0 Å². The maximum Gasteiger partial charge on any atom is 0.204 e. The Morgan fingerprint density at radius 3 is 2.83 bits per heavy atom. The largest absolute Gasteiger partial charge is 0.296 e. The molecule has 3 nitrogen and oxygen atoms in total. The third-order valence-electron chi connectivity index (χ3n) is 3.94. The van der Waals surface area contributed by atoms with Gasteiger partial charge in [-0.25, -0.2) is 4.68 Å². The molecule has 0 radical (unpaired) electrons. The van der Waals surface area contributed by atoms with Crippen LogP contribution >= 0.6 is 22.9 Å². The number of allylic oxidation sites excluding steroid dienone is 2. The molecule has 5 heteroatoms. The van der Waals surface area contributed by atoms with E-state index in [9.17, 15) is 0 Å². The lowest BCUT2D eigenvalue weighted by Gasteiger charge is -2.14. The first-order valence-corrected chi connectivity index (χ1v) is 9.46. The molecule has 0 saturated carbocycles. The van der Waals surface area contributed by atoms with Gasteiger partial charge in [0, 0.05) is 28.2 Å². The van der Waals surface area contributed by atoms with Crippen LogP contribution in [0.2, 0.25) is 5.02 Å². The molecule has 1 aliphatic rings.